The highest BCUT2D eigenvalue weighted by molar-refractivity contribution is 8.45. The van der Waals surface area contributed by atoms with E-state index in [2.05, 4.69) is 5.32 Å². The number of hydrogen-bond donors (Lipinski definition) is 2. The Labute approximate surface area is 206 Å². The molecular formula is C24H21F5N2O3S2. The first-order chi connectivity index (χ1) is 16.5. The Bertz CT molecular complexity index is 1480. The van der Waals surface area contributed by atoms with Gasteiger partial charge in [-0.15, -0.1) is 11.3 Å². The van der Waals surface area contributed by atoms with E-state index in [-0.39, 0.29) is 18.0 Å². The third-order valence-corrected chi connectivity index (χ3v) is 7.96. The number of aromatic carboxylic acids is 1. The summed E-state index contributed by atoms with van der Waals surface area (Å²) in [6, 6.07) is 10.2. The van der Waals surface area contributed by atoms with Gasteiger partial charge in [-0.05, 0) is 55.3 Å². The third-order valence-electron chi connectivity index (χ3n) is 5.73. The van der Waals surface area contributed by atoms with Crippen molar-refractivity contribution >= 4 is 43.7 Å². The Balaban J connectivity index is 1.59. The molecule has 12 heteroatoms. The van der Waals surface area contributed by atoms with Gasteiger partial charge in [-0.25, -0.2) is 4.79 Å². The van der Waals surface area contributed by atoms with Gasteiger partial charge in [0.25, 0.3) is 5.91 Å². The summed E-state index contributed by atoms with van der Waals surface area (Å²) in [5, 5.41) is 11.9. The zero-order valence-corrected chi connectivity index (χ0v) is 20.6. The molecule has 1 amide bonds. The molecule has 5 nitrogen and oxygen atoms in total. The van der Waals surface area contributed by atoms with Crippen molar-refractivity contribution in [3.8, 4) is 0 Å². The fraction of sp³-hybridized carbons (Fsp3) is 0.167. The lowest BCUT2D eigenvalue weighted by atomic mass is 10.1. The number of hydrogen-bond acceptors (Lipinski definition) is 3. The summed E-state index contributed by atoms with van der Waals surface area (Å²) >= 11 is 1.38. The maximum atomic E-state index is 13.2. The van der Waals surface area contributed by atoms with Crippen LogP contribution in [-0.2, 0) is 6.54 Å². The van der Waals surface area contributed by atoms with Crippen LogP contribution in [0.4, 0.5) is 19.4 Å². The van der Waals surface area contributed by atoms with Gasteiger partial charge in [0.1, 0.15) is 4.90 Å². The van der Waals surface area contributed by atoms with Gasteiger partial charge in [-0.3, -0.25) is 4.79 Å². The molecule has 0 fully saturated rings. The average Bonchev–Trinajstić information content (AvgIpc) is 3.30. The highest BCUT2D eigenvalue weighted by Gasteiger charge is 2.65. The van der Waals surface area contributed by atoms with Crippen LogP contribution in [0.1, 0.15) is 49.7 Å². The number of halogens is 5. The maximum absolute atomic E-state index is 13.2. The molecule has 1 unspecified atom stereocenters. The Kier molecular flexibility index (Phi) is 5.76. The van der Waals surface area contributed by atoms with Crippen molar-refractivity contribution in [3.63, 3.8) is 0 Å². The van der Waals surface area contributed by atoms with Gasteiger partial charge < -0.3 is 15.0 Å². The van der Waals surface area contributed by atoms with Gasteiger partial charge >= 0.3 is 16.2 Å². The van der Waals surface area contributed by atoms with E-state index in [1.165, 1.54) is 23.5 Å². The number of carbonyl (C=O) groups excluding carboxylic acids is 1. The number of rotatable bonds is 7. The fourth-order valence-corrected chi connectivity index (χ4v) is 5.62. The van der Waals surface area contributed by atoms with Crippen LogP contribution in [0.3, 0.4) is 0 Å². The Morgan fingerprint density at radius 2 is 1.61 bits per heavy atom. The van der Waals surface area contributed by atoms with Crippen LogP contribution in [0.15, 0.2) is 65.7 Å². The van der Waals surface area contributed by atoms with Gasteiger partial charge in [0.05, 0.1) is 27.4 Å². The first-order valence-electron chi connectivity index (χ1n) is 10.6. The minimum atomic E-state index is -9.75. The van der Waals surface area contributed by atoms with Crippen molar-refractivity contribution in [3.05, 3.63) is 87.9 Å². The standard InChI is InChI=1S/C24H21F5N2O3S2/c1-14(17-5-7-18(8-6-17)24(33)34)30-23(32)21-15(2)35-20-11-12-31(22(20)21)13-16-3-9-19(10-4-16)36(25,26,27,28)29/h3-12,14H,13H2,1-2H3,(H,30,32)(H,33,34). The molecule has 0 spiro atoms. The molecule has 0 radical (unpaired) electrons. The number of aromatic nitrogens is 1. The van der Waals surface area contributed by atoms with E-state index in [4.69, 9.17) is 5.11 Å². The molecule has 0 bridgehead atoms. The van der Waals surface area contributed by atoms with Crippen LogP contribution >= 0.6 is 21.6 Å². The van der Waals surface area contributed by atoms with Gasteiger partial charge in [0, 0.05) is 17.6 Å². The second kappa shape index (κ2) is 8.07. The number of carboxylic acids is 1. The van der Waals surface area contributed by atoms with Crippen molar-refractivity contribution in [1.29, 1.82) is 0 Å². The molecule has 1 atom stereocenters. The molecule has 2 N–H and O–H groups in total. The number of benzene rings is 2. The second-order valence-electron chi connectivity index (χ2n) is 8.42. The van der Waals surface area contributed by atoms with Gasteiger partial charge in [0.2, 0.25) is 0 Å². The number of amides is 1. The summed E-state index contributed by atoms with van der Waals surface area (Å²) in [5.41, 5.74) is 2.18. The quantitative estimate of drug-likeness (QED) is 0.232. The first kappa shape index (κ1) is 25.7. The highest BCUT2D eigenvalue weighted by Crippen LogP contribution is 3.02. The fourth-order valence-electron chi connectivity index (χ4n) is 3.90. The predicted octanol–water partition coefficient (Wildman–Crippen LogP) is 7.91. The highest BCUT2D eigenvalue weighted by atomic mass is 32.5. The molecule has 0 aliphatic rings. The molecule has 2 heterocycles. The lowest BCUT2D eigenvalue weighted by Gasteiger charge is -2.40. The molecule has 4 aromatic rings. The van der Waals surface area contributed by atoms with Crippen LogP contribution in [0.5, 0.6) is 0 Å². The number of carboxylic acid groups (broad SMARTS) is 1. The molecule has 0 saturated carbocycles. The van der Waals surface area contributed by atoms with Crippen LogP contribution in [0.25, 0.3) is 10.2 Å². The van der Waals surface area contributed by atoms with Crippen LogP contribution < -0.4 is 5.32 Å². The van der Waals surface area contributed by atoms with Gasteiger partial charge in [0.15, 0.2) is 0 Å². The summed E-state index contributed by atoms with van der Waals surface area (Å²) in [6.07, 6.45) is 1.68. The summed E-state index contributed by atoms with van der Waals surface area (Å²) in [4.78, 5) is 23.0. The molecule has 4 rings (SSSR count). The van der Waals surface area contributed by atoms with Crippen molar-refractivity contribution < 1.29 is 34.1 Å². The van der Waals surface area contributed by atoms with E-state index in [0.29, 0.717) is 34.3 Å². The summed E-state index contributed by atoms with van der Waals surface area (Å²) in [6.45, 7) is 3.61. The number of carbonyl (C=O) groups is 2. The lowest BCUT2D eigenvalue weighted by molar-refractivity contribution is 0.0696. The maximum Gasteiger partial charge on any atom is 0.335 e. The van der Waals surface area contributed by atoms with Crippen molar-refractivity contribution in [2.45, 2.75) is 31.3 Å². The number of nitrogens with zero attached hydrogens (tertiary/aromatic N) is 1. The Morgan fingerprint density at radius 1 is 1.00 bits per heavy atom. The van der Waals surface area contributed by atoms with E-state index in [1.807, 2.05) is 0 Å². The predicted molar refractivity (Wildman–Crippen MR) is 131 cm³/mol. The number of aryl methyl sites for hydroxylation is 1. The minimum Gasteiger partial charge on any atom is -0.478 e. The summed E-state index contributed by atoms with van der Waals surface area (Å²) in [5.74, 6) is -1.43. The number of nitrogens with one attached hydrogen (secondary N) is 1. The first-order valence-corrected chi connectivity index (χ1v) is 13.4. The Hall–Kier alpha value is -3.38. The minimum absolute atomic E-state index is 0.0761. The van der Waals surface area contributed by atoms with Crippen molar-refractivity contribution in [2.75, 3.05) is 0 Å². The lowest BCUT2D eigenvalue weighted by Crippen LogP contribution is -2.27. The van der Waals surface area contributed by atoms with E-state index in [0.717, 1.165) is 21.7 Å². The van der Waals surface area contributed by atoms with Crippen molar-refractivity contribution in [1.82, 2.24) is 9.88 Å². The summed E-state index contributed by atoms with van der Waals surface area (Å²) in [7, 11) is -9.75. The topological polar surface area (TPSA) is 71.3 Å². The third kappa shape index (κ3) is 5.24. The zero-order valence-electron chi connectivity index (χ0n) is 19.0. The van der Waals surface area contributed by atoms with Crippen LogP contribution in [0.2, 0.25) is 0 Å². The molecule has 0 saturated heterocycles. The van der Waals surface area contributed by atoms with Gasteiger partial charge in [-0.2, -0.15) is 0 Å². The van der Waals surface area contributed by atoms with Crippen LogP contribution in [0, 0.1) is 6.92 Å². The largest absolute Gasteiger partial charge is 0.478 e. The molecule has 192 valence electrons. The molecule has 36 heavy (non-hydrogen) atoms. The molecule has 2 aromatic carbocycles. The monoisotopic (exact) mass is 544 g/mol. The number of thiophene rings is 1. The van der Waals surface area contributed by atoms with Gasteiger partial charge in [-0.1, -0.05) is 43.7 Å². The Morgan fingerprint density at radius 3 is 2.17 bits per heavy atom. The average molecular weight is 545 g/mol. The molecule has 0 aliphatic carbocycles. The summed E-state index contributed by atoms with van der Waals surface area (Å²) < 4.78 is 67.6. The molecular weight excluding hydrogens is 523 g/mol. The normalized spacial score (nSPS) is 14.8. The van der Waals surface area contributed by atoms with Crippen molar-refractivity contribution in [2.24, 2.45) is 0 Å². The van der Waals surface area contributed by atoms with E-state index < -0.39 is 27.1 Å². The van der Waals surface area contributed by atoms with E-state index >= 15 is 0 Å². The number of fused-ring (bicyclic) bond motifs is 1. The SMILES string of the molecule is Cc1sc2ccn(Cc3ccc(S(F)(F)(F)(F)F)cc3)c2c1C(=O)NC(C)c1ccc(C(=O)O)cc1. The smallest absolute Gasteiger partial charge is 0.335 e. The van der Waals surface area contributed by atoms with Crippen LogP contribution in [-0.4, -0.2) is 21.6 Å². The second-order valence-corrected chi connectivity index (χ2v) is 12.1. The van der Waals surface area contributed by atoms with E-state index in [9.17, 15) is 29.0 Å². The molecule has 2 aromatic heterocycles. The van der Waals surface area contributed by atoms with E-state index in [1.54, 1.807) is 42.8 Å². The zero-order chi connectivity index (χ0) is 26.5. The molecule has 0 aliphatic heterocycles.